The van der Waals surface area contributed by atoms with Crippen LogP contribution in [-0.2, 0) is 4.79 Å². The number of rotatable bonds is 1. The minimum atomic E-state index is -0.570. The van der Waals surface area contributed by atoms with Gasteiger partial charge in [0.1, 0.15) is 0 Å². The van der Waals surface area contributed by atoms with Crippen molar-refractivity contribution in [2.45, 2.75) is 6.42 Å². The number of hydrogen-bond acceptors (Lipinski definition) is 3. The van der Waals surface area contributed by atoms with Crippen molar-refractivity contribution in [3.8, 4) is 11.8 Å². The van der Waals surface area contributed by atoms with E-state index < -0.39 is 5.91 Å². The summed E-state index contributed by atoms with van der Waals surface area (Å²) in [6, 6.07) is 0. The molecule has 2 N–H and O–H groups in total. The molecule has 1 aliphatic heterocycles. The third-order valence-electron chi connectivity index (χ3n) is 1.47. The molecular formula is C8H8N4O. The van der Waals surface area contributed by atoms with E-state index in [9.17, 15) is 4.79 Å². The molecule has 0 atom stereocenters. The van der Waals surface area contributed by atoms with Gasteiger partial charge >= 0.3 is 0 Å². The molecular weight excluding hydrogens is 168 g/mol. The van der Waals surface area contributed by atoms with Crippen LogP contribution in [-0.4, -0.2) is 18.8 Å². The largest absolute Gasteiger partial charge is 0.339 e. The monoisotopic (exact) mass is 176 g/mol. The Balaban J connectivity index is 2.85. The van der Waals surface area contributed by atoms with Crippen molar-refractivity contribution in [3.05, 3.63) is 11.8 Å². The van der Waals surface area contributed by atoms with E-state index in [2.05, 4.69) is 27.3 Å². The molecule has 0 aliphatic carbocycles. The number of carbonyl (C=O) groups excluding carboxylic acids is 1. The first kappa shape index (κ1) is 9.13. The van der Waals surface area contributed by atoms with E-state index in [0.717, 1.165) is 0 Å². The lowest BCUT2D eigenvalue weighted by Crippen LogP contribution is -2.15. The highest BCUT2D eigenvalue weighted by molar-refractivity contribution is 6.02. The van der Waals surface area contributed by atoms with Gasteiger partial charge in [0.05, 0.1) is 0 Å². The first-order valence-corrected chi connectivity index (χ1v) is 3.61. The molecule has 13 heavy (non-hydrogen) atoms. The van der Waals surface area contributed by atoms with Crippen LogP contribution < -0.4 is 5.32 Å². The molecule has 0 aromatic heterocycles. The molecule has 0 saturated heterocycles. The number of nitrogens with zero attached hydrogens (tertiary/aromatic N) is 2. The smallest absolute Gasteiger partial charge is 0.293 e. The summed E-state index contributed by atoms with van der Waals surface area (Å²) in [7, 11) is 1.60. The summed E-state index contributed by atoms with van der Waals surface area (Å²) < 4.78 is 0. The third-order valence-corrected chi connectivity index (χ3v) is 1.47. The molecule has 5 heteroatoms. The van der Waals surface area contributed by atoms with E-state index in [-0.39, 0.29) is 0 Å². The van der Waals surface area contributed by atoms with Crippen molar-refractivity contribution in [2.24, 2.45) is 10.1 Å². The number of aliphatic imine (C=N–C) groups is 1. The maximum absolute atomic E-state index is 10.9. The Morgan fingerprint density at radius 3 is 3.15 bits per heavy atom. The number of nitrogens with one attached hydrogen (secondary N) is 2. The molecule has 1 rings (SSSR count). The summed E-state index contributed by atoms with van der Waals surface area (Å²) in [5.41, 5.74) is 6.92. The number of amides is 1. The molecule has 0 aromatic rings. The zero-order valence-electron chi connectivity index (χ0n) is 7.09. The highest BCUT2D eigenvalue weighted by Crippen LogP contribution is 2.03. The van der Waals surface area contributed by atoms with Crippen LogP contribution in [0.2, 0.25) is 0 Å². The Morgan fingerprint density at radius 1 is 1.77 bits per heavy atom. The fourth-order valence-electron chi connectivity index (χ4n) is 0.795. The Kier molecular flexibility index (Phi) is 2.92. The molecule has 0 saturated carbocycles. The van der Waals surface area contributed by atoms with E-state index in [1.807, 2.05) is 0 Å². The quantitative estimate of drug-likeness (QED) is 0.449. The van der Waals surface area contributed by atoms with Crippen LogP contribution in [0.1, 0.15) is 6.42 Å². The molecule has 0 unspecified atom stereocenters. The maximum Gasteiger partial charge on any atom is 0.293 e. The molecule has 0 spiro atoms. The normalized spacial score (nSPS) is 17.6. The maximum atomic E-state index is 10.9. The van der Waals surface area contributed by atoms with Gasteiger partial charge in [-0.15, -0.1) is 5.11 Å². The predicted molar refractivity (Wildman–Crippen MR) is 47.1 cm³/mol. The van der Waals surface area contributed by atoms with Gasteiger partial charge in [-0.1, -0.05) is 5.92 Å². The van der Waals surface area contributed by atoms with Gasteiger partial charge in [-0.3, -0.25) is 9.79 Å². The first-order chi connectivity index (χ1) is 6.27. The topological polar surface area (TPSA) is 77.7 Å². The van der Waals surface area contributed by atoms with Crippen molar-refractivity contribution in [1.82, 2.24) is 5.32 Å². The van der Waals surface area contributed by atoms with Gasteiger partial charge in [0.15, 0.2) is 5.84 Å². The Hall–Kier alpha value is -1.96. The Morgan fingerprint density at radius 2 is 2.54 bits per heavy atom. The second-order valence-corrected chi connectivity index (χ2v) is 2.28. The van der Waals surface area contributed by atoms with Crippen molar-refractivity contribution in [1.29, 1.82) is 5.53 Å². The van der Waals surface area contributed by atoms with Crippen LogP contribution in [0.4, 0.5) is 0 Å². The van der Waals surface area contributed by atoms with Crippen molar-refractivity contribution in [2.75, 3.05) is 7.05 Å². The summed E-state index contributed by atoms with van der Waals surface area (Å²) in [6.07, 6.45) is 1.77. The minimum absolute atomic E-state index is 0.299. The van der Waals surface area contributed by atoms with Gasteiger partial charge in [-0.25, -0.2) is 5.53 Å². The van der Waals surface area contributed by atoms with Crippen LogP contribution in [0.5, 0.6) is 0 Å². The zero-order chi connectivity index (χ0) is 9.68. The van der Waals surface area contributed by atoms with Gasteiger partial charge in [0, 0.05) is 25.2 Å². The second-order valence-electron chi connectivity index (χ2n) is 2.28. The van der Waals surface area contributed by atoms with Crippen LogP contribution in [0.15, 0.2) is 21.9 Å². The summed E-state index contributed by atoms with van der Waals surface area (Å²) in [4.78, 5) is 14.8. The molecule has 5 nitrogen and oxygen atoms in total. The number of amidine groups is 1. The average molecular weight is 176 g/mol. The first-order valence-electron chi connectivity index (χ1n) is 3.61. The van der Waals surface area contributed by atoms with Gasteiger partial charge in [-0.2, -0.15) is 0 Å². The Bertz CT molecular complexity index is 356. The molecule has 0 radical (unpaired) electrons. The molecule has 66 valence electrons. The molecule has 0 fully saturated rings. The summed E-state index contributed by atoms with van der Waals surface area (Å²) >= 11 is 0. The highest BCUT2D eigenvalue weighted by Gasteiger charge is 2.08. The van der Waals surface area contributed by atoms with E-state index in [1.165, 1.54) is 6.20 Å². The molecule has 1 heterocycles. The highest BCUT2D eigenvalue weighted by atomic mass is 16.1. The summed E-state index contributed by atoms with van der Waals surface area (Å²) in [5.74, 6) is 5.40. The predicted octanol–water partition coefficient (Wildman–Crippen LogP) is 0.453. The Labute approximate surface area is 75.4 Å². The molecule has 1 amide bonds. The lowest BCUT2D eigenvalue weighted by atomic mass is 10.2. The molecule has 1 aliphatic rings. The van der Waals surface area contributed by atoms with Crippen LogP contribution in [0.25, 0.3) is 0 Å². The lowest BCUT2D eigenvalue weighted by Gasteiger charge is -1.96. The van der Waals surface area contributed by atoms with E-state index in [1.54, 1.807) is 7.05 Å². The lowest BCUT2D eigenvalue weighted by molar-refractivity contribution is -0.115. The zero-order valence-corrected chi connectivity index (χ0v) is 7.09. The summed E-state index contributed by atoms with van der Waals surface area (Å²) in [5, 5.41) is 5.55. The van der Waals surface area contributed by atoms with Crippen molar-refractivity contribution in [3.63, 3.8) is 0 Å². The van der Waals surface area contributed by atoms with E-state index in [4.69, 9.17) is 5.53 Å². The van der Waals surface area contributed by atoms with Crippen molar-refractivity contribution < 1.29 is 4.79 Å². The number of carbonyl (C=O) groups is 1. The van der Waals surface area contributed by atoms with Crippen molar-refractivity contribution >= 4 is 11.7 Å². The van der Waals surface area contributed by atoms with Crippen LogP contribution in [0.3, 0.4) is 0 Å². The SMILES string of the molecule is CN=C1C#CCC(C(=O)N=N)=CN1. The van der Waals surface area contributed by atoms with Gasteiger partial charge in [0.25, 0.3) is 5.91 Å². The number of hydrogen-bond donors (Lipinski definition) is 2. The third kappa shape index (κ3) is 2.24. The fourth-order valence-corrected chi connectivity index (χ4v) is 0.795. The standard InChI is InChI=1S/C8H8N4O/c1-10-7-4-2-3-6(5-11-7)8(13)12-9/h5,9H,3H2,1H3,(H,10,11). The van der Waals surface area contributed by atoms with E-state index >= 15 is 0 Å². The average Bonchev–Trinajstić information content (AvgIpc) is 2.41. The van der Waals surface area contributed by atoms with E-state index in [0.29, 0.717) is 17.8 Å². The summed E-state index contributed by atoms with van der Waals surface area (Å²) in [6.45, 7) is 0. The second kappa shape index (κ2) is 4.16. The van der Waals surface area contributed by atoms with Crippen LogP contribution >= 0.6 is 0 Å². The van der Waals surface area contributed by atoms with Gasteiger partial charge < -0.3 is 5.32 Å². The van der Waals surface area contributed by atoms with Crippen LogP contribution in [0, 0.1) is 17.4 Å². The molecule has 0 bridgehead atoms. The van der Waals surface area contributed by atoms with Gasteiger partial charge in [0.2, 0.25) is 0 Å². The van der Waals surface area contributed by atoms with Gasteiger partial charge in [-0.05, 0) is 5.92 Å². The molecule has 0 aromatic carbocycles. The minimum Gasteiger partial charge on any atom is -0.339 e. The fraction of sp³-hybridized carbons (Fsp3) is 0.250.